The van der Waals surface area contributed by atoms with E-state index in [9.17, 15) is 0 Å². The van der Waals surface area contributed by atoms with Crippen molar-refractivity contribution in [2.75, 3.05) is 0 Å². The number of benzene rings is 2. The van der Waals surface area contributed by atoms with Crippen LogP contribution in [-0.4, -0.2) is 20.6 Å². The highest BCUT2D eigenvalue weighted by molar-refractivity contribution is 5.77. The van der Waals surface area contributed by atoms with Crippen LogP contribution in [0, 0.1) is 5.92 Å². The minimum absolute atomic E-state index is 0.101. The number of aromatic nitrogens is 3. The van der Waals surface area contributed by atoms with Gasteiger partial charge >= 0.3 is 0 Å². The van der Waals surface area contributed by atoms with Crippen molar-refractivity contribution >= 4 is 22.3 Å². The van der Waals surface area contributed by atoms with E-state index in [1.54, 1.807) is 0 Å². The van der Waals surface area contributed by atoms with Gasteiger partial charge < -0.3 is 4.74 Å². The van der Waals surface area contributed by atoms with E-state index < -0.39 is 0 Å². The van der Waals surface area contributed by atoms with Crippen LogP contribution in [0.3, 0.4) is 0 Å². The van der Waals surface area contributed by atoms with Crippen LogP contribution >= 0.6 is 0 Å². The Balaban J connectivity index is 1.13. The first kappa shape index (κ1) is 29.1. The smallest absolute Gasteiger partial charge is 0.163 e. The second-order valence-corrected chi connectivity index (χ2v) is 13.8. The van der Waals surface area contributed by atoms with Gasteiger partial charge in [-0.1, -0.05) is 109 Å². The normalized spacial score (nSPS) is 25.6. The fourth-order valence-corrected chi connectivity index (χ4v) is 8.22. The highest BCUT2D eigenvalue weighted by Gasteiger charge is 2.44. The molecule has 0 amide bonds. The molecule has 0 spiro atoms. The van der Waals surface area contributed by atoms with Crippen LogP contribution in [0.25, 0.3) is 22.3 Å². The van der Waals surface area contributed by atoms with Gasteiger partial charge in [-0.15, -0.1) is 0 Å². The molecule has 9 rings (SSSR count). The monoisotopic (exact) mass is 625 g/mol. The molecule has 4 heteroatoms. The largest absolute Gasteiger partial charge is 0.483 e. The van der Waals surface area contributed by atoms with Gasteiger partial charge in [-0.3, -0.25) is 0 Å². The Bertz CT molecular complexity index is 2210. The van der Waals surface area contributed by atoms with Crippen molar-refractivity contribution in [3.05, 3.63) is 172 Å². The van der Waals surface area contributed by atoms with E-state index >= 15 is 0 Å². The predicted molar refractivity (Wildman–Crippen MR) is 194 cm³/mol. The van der Waals surface area contributed by atoms with Crippen LogP contribution in [0.5, 0.6) is 0 Å². The van der Waals surface area contributed by atoms with Crippen LogP contribution < -0.4 is 10.4 Å². The molecule has 0 saturated carbocycles. The molecule has 1 aliphatic heterocycles. The average molecular weight is 626 g/mol. The Morgan fingerprint density at radius 3 is 2.35 bits per heavy atom. The summed E-state index contributed by atoms with van der Waals surface area (Å²) in [5.74, 6) is 3.95. The lowest BCUT2D eigenvalue weighted by atomic mass is 9.77. The first-order valence-corrected chi connectivity index (χ1v) is 17.5. The molecule has 5 aliphatic carbocycles. The fourth-order valence-electron chi connectivity index (χ4n) is 8.22. The summed E-state index contributed by atoms with van der Waals surface area (Å²) >= 11 is 0. The van der Waals surface area contributed by atoms with Crippen LogP contribution in [0.1, 0.15) is 80.8 Å². The van der Waals surface area contributed by atoms with Crippen LogP contribution in [0.4, 0.5) is 0 Å². The highest BCUT2D eigenvalue weighted by Crippen LogP contribution is 2.48. The Morgan fingerprint density at radius 2 is 1.54 bits per heavy atom. The Kier molecular flexibility index (Phi) is 7.18. The van der Waals surface area contributed by atoms with Gasteiger partial charge in [0.25, 0.3) is 0 Å². The maximum atomic E-state index is 6.63. The van der Waals surface area contributed by atoms with E-state index in [-0.39, 0.29) is 11.5 Å². The molecule has 0 fully saturated rings. The van der Waals surface area contributed by atoms with Crippen molar-refractivity contribution in [2.24, 2.45) is 5.92 Å². The minimum Gasteiger partial charge on any atom is -0.483 e. The number of rotatable bonds is 5. The second-order valence-electron chi connectivity index (χ2n) is 13.8. The summed E-state index contributed by atoms with van der Waals surface area (Å²) in [6, 6.07) is 19.4. The molecule has 0 radical (unpaired) electrons. The number of hydrogen-bond acceptors (Lipinski definition) is 4. The first-order valence-electron chi connectivity index (χ1n) is 17.5. The molecule has 3 atom stereocenters. The standard InChI is InChI=1S/C44H39N3O/c1-44-27-11-10-18-39(44)38-24-23-33(28-40(38)48-44)34-25-26-37(36-17-9-8-16-35(34)36)43-46-41(31-14-6-3-7-15-31)45-42(47-43)32-21-19-30(20-22-32)29-12-4-2-5-13-29/h2,4-6,8-21,27-28,32,39H,3,7,22-26H2,1H3/t32-,39?,44?/m1/s1. The molecular weight excluding hydrogens is 587 g/mol. The zero-order chi connectivity index (χ0) is 32.1. The molecule has 0 N–H and O–H groups in total. The molecule has 0 saturated heterocycles. The molecule has 48 heavy (non-hydrogen) atoms. The van der Waals surface area contributed by atoms with E-state index in [4.69, 9.17) is 19.7 Å². The summed E-state index contributed by atoms with van der Waals surface area (Å²) < 4.78 is 6.63. The quantitative estimate of drug-likeness (QED) is 0.286. The lowest BCUT2D eigenvalue weighted by Crippen LogP contribution is -2.33. The number of nitrogens with zero attached hydrogens (tertiary/aromatic N) is 3. The topological polar surface area (TPSA) is 47.9 Å². The Labute approximate surface area is 282 Å². The van der Waals surface area contributed by atoms with Crippen LogP contribution in [-0.2, 0) is 4.74 Å². The van der Waals surface area contributed by atoms with Gasteiger partial charge in [-0.2, -0.15) is 0 Å². The summed E-state index contributed by atoms with van der Waals surface area (Å²) in [6.07, 6.45) is 31.5. The summed E-state index contributed by atoms with van der Waals surface area (Å²) in [4.78, 5) is 15.5. The Morgan fingerprint density at radius 1 is 0.729 bits per heavy atom. The van der Waals surface area contributed by atoms with Crippen molar-refractivity contribution in [1.82, 2.24) is 15.0 Å². The maximum absolute atomic E-state index is 6.63. The van der Waals surface area contributed by atoms with E-state index in [1.165, 1.54) is 43.9 Å². The first-order chi connectivity index (χ1) is 23.6. The number of ether oxygens (including phenoxy) is 1. The molecule has 2 heterocycles. The third kappa shape index (κ3) is 5.11. The fraction of sp³-hybridized carbons (Fsp3) is 0.250. The van der Waals surface area contributed by atoms with Crippen molar-refractivity contribution in [1.29, 1.82) is 0 Å². The third-order valence-electron chi connectivity index (χ3n) is 10.8. The molecule has 236 valence electrons. The van der Waals surface area contributed by atoms with Crippen molar-refractivity contribution in [3.8, 4) is 0 Å². The lowest BCUT2D eigenvalue weighted by Gasteiger charge is -2.28. The number of fused-ring (bicyclic) bond motifs is 3. The summed E-state index contributed by atoms with van der Waals surface area (Å²) in [6.45, 7) is 2.21. The summed E-state index contributed by atoms with van der Waals surface area (Å²) in [5.41, 5.74) is 8.79. The molecule has 2 unspecified atom stereocenters. The van der Waals surface area contributed by atoms with Gasteiger partial charge in [-0.05, 0) is 102 Å². The summed E-state index contributed by atoms with van der Waals surface area (Å²) in [7, 11) is 0. The lowest BCUT2D eigenvalue weighted by molar-refractivity contribution is 0.0732. The van der Waals surface area contributed by atoms with Gasteiger partial charge in [-0.25, -0.2) is 15.0 Å². The Hall–Kier alpha value is -5.09. The second kappa shape index (κ2) is 11.9. The molecule has 0 bridgehead atoms. The molecule has 4 nitrogen and oxygen atoms in total. The van der Waals surface area contributed by atoms with Gasteiger partial charge in [0, 0.05) is 23.0 Å². The highest BCUT2D eigenvalue weighted by atomic mass is 16.5. The van der Waals surface area contributed by atoms with Gasteiger partial charge in [0.1, 0.15) is 17.2 Å². The zero-order valence-corrected chi connectivity index (χ0v) is 27.4. The number of hydrogen-bond donors (Lipinski definition) is 0. The van der Waals surface area contributed by atoms with E-state index in [0.29, 0.717) is 5.92 Å². The third-order valence-corrected chi connectivity index (χ3v) is 10.8. The van der Waals surface area contributed by atoms with Crippen molar-refractivity contribution in [2.45, 2.75) is 63.4 Å². The average Bonchev–Trinajstić information content (AvgIpc) is 3.46. The molecule has 3 aromatic rings. The van der Waals surface area contributed by atoms with Crippen LogP contribution in [0.15, 0.2) is 138 Å². The summed E-state index contributed by atoms with van der Waals surface area (Å²) in [5, 5.41) is 2.53. The van der Waals surface area contributed by atoms with Crippen LogP contribution in [0.2, 0.25) is 0 Å². The maximum Gasteiger partial charge on any atom is 0.163 e. The predicted octanol–water partition coefficient (Wildman–Crippen LogP) is 8.38. The molecule has 2 aromatic carbocycles. The molecular formula is C44H39N3O. The zero-order valence-electron chi connectivity index (χ0n) is 27.4. The van der Waals surface area contributed by atoms with E-state index in [2.05, 4.69) is 128 Å². The van der Waals surface area contributed by atoms with Crippen molar-refractivity contribution in [3.63, 3.8) is 0 Å². The van der Waals surface area contributed by atoms with Gasteiger partial charge in [0.2, 0.25) is 0 Å². The number of allylic oxidation sites excluding steroid dienone is 12. The van der Waals surface area contributed by atoms with E-state index in [0.717, 1.165) is 73.8 Å². The SMILES string of the molecule is CC12C=CC=CC1C1=C(C=C(C3=c4ccccc4=C(c4nc(C5=CCCC=C5)nc([C@@H]5C=CC(c6ccccc6)=CC5)n4)CC3)CC1)O2. The van der Waals surface area contributed by atoms with Gasteiger partial charge in [0.05, 0.1) is 0 Å². The minimum atomic E-state index is -0.273. The van der Waals surface area contributed by atoms with E-state index in [1.807, 2.05) is 0 Å². The molecule has 6 aliphatic rings. The van der Waals surface area contributed by atoms with Crippen molar-refractivity contribution < 1.29 is 4.74 Å². The molecule has 1 aromatic heterocycles. The van der Waals surface area contributed by atoms with Gasteiger partial charge in [0.15, 0.2) is 11.6 Å².